The van der Waals surface area contributed by atoms with E-state index in [1.165, 1.54) is 18.4 Å². The largest absolute Gasteiger partial charge is 0.396 e. The van der Waals surface area contributed by atoms with E-state index in [0.717, 1.165) is 11.8 Å². The Hall–Kier alpha value is -1.08. The van der Waals surface area contributed by atoms with Gasteiger partial charge in [0, 0.05) is 6.61 Å². The number of aliphatic hydroxyl groups is 1. The SMILES string of the molecule is Cc1ccccc1.OCC1CC2C=CC1C2. The maximum atomic E-state index is 8.85. The Morgan fingerprint density at radius 2 is 1.88 bits per heavy atom. The lowest BCUT2D eigenvalue weighted by atomic mass is 9.95. The van der Waals surface area contributed by atoms with Gasteiger partial charge in [0.15, 0.2) is 0 Å². The summed E-state index contributed by atoms with van der Waals surface area (Å²) in [7, 11) is 0. The van der Waals surface area contributed by atoms with E-state index in [-0.39, 0.29) is 0 Å². The van der Waals surface area contributed by atoms with Crippen LogP contribution in [-0.4, -0.2) is 11.7 Å². The smallest absolute Gasteiger partial charge is 0.0465 e. The summed E-state index contributed by atoms with van der Waals surface area (Å²) in [6.45, 7) is 2.48. The van der Waals surface area contributed by atoms with Gasteiger partial charge >= 0.3 is 0 Å². The molecule has 3 atom stereocenters. The van der Waals surface area contributed by atoms with E-state index in [0.29, 0.717) is 12.5 Å². The third kappa shape index (κ3) is 2.73. The molecule has 0 radical (unpaired) electrons. The first-order chi connectivity index (χ1) is 7.79. The van der Waals surface area contributed by atoms with Crippen LogP contribution in [0.15, 0.2) is 42.5 Å². The minimum absolute atomic E-state index is 0.394. The van der Waals surface area contributed by atoms with Crippen LogP contribution in [0.5, 0.6) is 0 Å². The van der Waals surface area contributed by atoms with Gasteiger partial charge in [-0.25, -0.2) is 0 Å². The zero-order chi connectivity index (χ0) is 11.4. The molecule has 0 heterocycles. The average molecular weight is 216 g/mol. The van der Waals surface area contributed by atoms with Gasteiger partial charge in [0.1, 0.15) is 0 Å². The van der Waals surface area contributed by atoms with Gasteiger partial charge in [-0.1, -0.05) is 48.0 Å². The normalized spacial score (nSPS) is 30.0. The molecule has 1 heteroatoms. The summed E-state index contributed by atoms with van der Waals surface area (Å²) in [6.07, 6.45) is 7.12. The molecule has 1 saturated carbocycles. The van der Waals surface area contributed by atoms with Crippen molar-refractivity contribution in [3.8, 4) is 0 Å². The maximum Gasteiger partial charge on any atom is 0.0465 e. The molecule has 0 amide bonds. The summed E-state index contributed by atoms with van der Waals surface area (Å²) < 4.78 is 0. The number of aryl methyl sites for hydroxylation is 1. The first-order valence-corrected chi connectivity index (χ1v) is 6.10. The van der Waals surface area contributed by atoms with Crippen LogP contribution >= 0.6 is 0 Å². The zero-order valence-electron chi connectivity index (χ0n) is 9.84. The lowest BCUT2D eigenvalue weighted by Crippen LogP contribution is -2.10. The third-order valence-electron chi connectivity index (χ3n) is 3.59. The van der Waals surface area contributed by atoms with Crippen LogP contribution in [0.2, 0.25) is 0 Å². The highest BCUT2D eigenvalue weighted by Crippen LogP contribution is 2.42. The van der Waals surface area contributed by atoms with Crippen LogP contribution in [0.1, 0.15) is 18.4 Å². The Labute approximate surface area is 97.8 Å². The molecule has 0 aromatic heterocycles. The van der Waals surface area contributed by atoms with Crippen LogP contribution in [0.25, 0.3) is 0 Å². The van der Waals surface area contributed by atoms with Crippen LogP contribution in [-0.2, 0) is 0 Å². The third-order valence-corrected chi connectivity index (χ3v) is 3.59. The molecule has 3 rings (SSSR count). The first-order valence-electron chi connectivity index (χ1n) is 6.10. The van der Waals surface area contributed by atoms with Crippen LogP contribution < -0.4 is 0 Å². The fourth-order valence-corrected chi connectivity index (χ4v) is 2.64. The average Bonchev–Trinajstić information content (AvgIpc) is 2.92. The Bertz CT molecular complexity index is 342. The minimum atomic E-state index is 0.394. The summed E-state index contributed by atoms with van der Waals surface area (Å²) in [4.78, 5) is 0. The molecule has 1 nitrogen and oxygen atoms in total. The summed E-state index contributed by atoms with van der Waals surface area (Å²) in [6, 6.07) is 10.3. The van der Waals surface area contributed by atoms with E-state index in [9.17, 15) is 0 Å². The topological polar surface area (TPSA) is 20.2 Å². The number of rotatable bonds is 1. The summed E-state index contributed by atoms with van der Waals surface area (Å²) in [5.41, 5.74) is 1.32. The van der Waals surface area contributed by atoms with Gasteiger partial charge in [-0.2, -0.15) is 0 Å². The monoisotopic (exact) mass is 216 g/mol. The van der Waals surface area contributed by atoms with Gasteiger partial charge in [-0.15, -0.1) is 0 Å². The van der Waals surface area contributed by atoms with E-state index in [2.05, 4.69) is 31.2 Å². The van der Waals surface area contributed by atoms with Crippen LogP contribution in [0, 0.1) is 24.7 Å². The highest BCUT2D eigenvalue weighted by molar-refractivity contribution is 5.11. The van der Waals surface area contributed by atoms with E-state index < -0.39 is 0 Å². The molecule has 1 N–H and O–H groups in total. The molecule has 2 aliphatic carbocycles. The molecule has 2 aliphatic rings. The van der Waals surface area contributed by atoms with Crippen molar-refractivity contribution in [1.29, 1.82) is 0 Å². The Balaban J connectivity index is 0.000000125. The molecule has 3 unspecified atom stereocenters. The summed E-state index contributed by atoms with van der Waals surface area (Å²) in [5.74, 6) is 2.13. The molecule has 0 spiro atoms. The summed E-state index contributed by atoms with van der Waals surface area (Å²) >= 11 is 0. The van der Waals surface area contributed by atoms with E-state index in [4.69, 9.17) is 5.11 Å². The van der Waals surface area contributed by atoms with Crippen molar-refractivity contribution in [2.75, 3.05) is 6.61 Å². The second-order valence-electron chi connectivity index (χ2n) is 4.88. The standard InChI is InChI=1S/C8H12O.C7H8/c9-5-8-4-6-1-2-7(8)3-6;1-7-5-3-2-4-6-7/h1-2,6-9H,3-5H2;2-6H,1H3. The molecule has 86 valence electrons. The second-order valence-corrected chi connectivity index (χ2v) is 4.88. The van der Waals surface area contributed by atoms with Gasteiger partial charge in [0.2, 0.25) is 0 Å². The van der Waals surface area contributed by atoms with Gasteiger partial charge in [-0.3, -0.25) is 0 Å². The highest BCUT2D eigenvalue weighted by Gasteiger charge is 2.34. The maximum absolute atomic E-state index is 8.85. The van der Waals surface area contributed by atoms with Crippen LogP contribution in [0.3, 0.4) is 0 Å². The number of benzene rings is 1. The van der Waals surface area contributed by atoms with Gasteiger partial charge < -0.3 is 5.11 Å². The predicted molar refractivity (Wildman–Crippen MR) is 67.1 cm³/mol. The molecule has 1 fully saturated rings. The van der Waals surface area contributed by atoms with Gasteiger partial charge in [0.25, 0.3) is 0 Å². The van der Waals surface area contributed by atoms with Gasteiger partial charge in [0.05, 0.1) is 0 Å². The molecule has 1 aromatic carbocycles. The molecular formula is C15H20O. The Kier molecular flexibility index (Phi) is 3.79. The van der Waals surface area contributed by atoms with Crippen molar-refractivity contribution in [2.45, 2.75) is 19.8 Å². The predicted octanol–water partition coefficient (Wildman–Crippen LogP) is 3.19. The highest BCUT2D eigenvalue weighted by atomic mass is 16.3. The second kappa shape index (κ2) is 5.31. The number of hydrogen-bond donors (Lipinski definition) is 1. The lowest BCUT2D eigenvalue weighted by molar-refractivity contribution is 0.207. The summed E-state index contributed by atoms with van der Waals surface area (Å²) in [5, 5.41) is 8.85. The lowest BCUT2D eigenvalue weighted by Gasteiger charge is -2.13. The quantitative estimate of drug-likeness (QED) is 0.715. The molecule has 1 aromatic rings. The van der Waals surface area contributed by atoms with E-state index >= 15 is 0 Å². The van der Waals surface area contributed by atoms with E-state index in [1.807, 2.05) is 18.2 Å². The number of hydrogen-bond acceptors (Lipinski definition) is 1. The molecular weight excluding hydrogens is 196 g/mol. The molecule has 16 heavy (non-hydrogen) atoms. The Morgan fingerprint density at radius 1 is 1.12 bits per heavy atom. The Morgan fingerprint density at radius 3 is 2.19 bits per heavy atom. The fraction of sp³-hybridized carbons (Fsp3) is 0.467. The van der Waals surface area contributed by atoms with E-state index in [1.54, 1.807) is 0 Å². The number of fused-ring (bicyclic) bond motifs is 2. The minimum Gasteiger partial charge on any atom is -0.396 e. The fourth-order valence-electron chi connectivity index (χ4n) is 2.64. The molecule has 0 saturated heterocycles. The zero-order valence-corrected chi connectivity index (χ0v) is 9.84. The number of allylic oxidation sites excluding steroid dienone is 2. The van der Waals surface area contributed by atoms with Crippen molar-refractivity contribution < 1.29 is 5.11 Å². The van der Waals surface area contributed by atoms with Crippen molar-refractivity contribution in [2.24, 2.45) is 17.8 Å². The van der Waals surface area contributed by atoms with Crippen molar-refractivity contribution in [1.82, 2.24) is 0 Å². The van der Waals surface area contributed by atoms with Crippen molar-refractivity contribution in [3.05, 3.63) is 48.0 Å². The number of aliphatic hydroxyl groups excluding tert-OH is 1. The van der Waals surface area contributed by atoms with Crippen LogP contribution in [0.4, 0.5) is 0 Å². The van der Waals surface area contributed by atoms with Gasteiger partial charge in [-0.05, 0) is 37.5 Å². The molecule has 2 bridgehead atoms. The first kappa shape index (κ1) is 11.4. The van der Waals surface area contributed by atoms with Crippen molar-refractivity contribution in [3.63, 3.8) is 0 Å². The van der Waals surface area contributed by atoms with Crippen molar-refractivity contribution >= 4 is 0 Å². The molecule has 0 aliphatic heterocycles.